The van der Waals surface area contributed by atoms with Crippen LogP contribution in [0.3, 0.4) is 0 Å². The van der Waals surface area contributed by atoms with Crippen molar-refractivity contribution >= 4 is 22.9 Å². The van der Waals surface area contributed by atoms with E-state index in [1.165, 1.54) is 23.5 Å². The Kier molecular flexibility index (Phi) is 6.52. The number of carbonyl (C=O) groups is 1. The summed E-state index contributed by atoms with van der Waals surface area (Å²) in [5.41, 5.74) is 3.58. The summed E-state index contributed by atoms with van der Waals surface area (Å²) in [6, 6.07) is 14.3. The van der Waals surface area contributed by atoms with E-state index in [4.69, 9.17) is 4.74 Å². The Morgan fingerprint density at radius 1 is 1.17 bits per heavy atom. The highest BCUT2D eigenvalue weighted by Gasteiger charge is 2.18. The summed E-state index contributed by atoms with van der Waals surface area (Å²) in [6.45, 7) is 5.89. The van der Waals surface area contributed by atoms with E-state index in [-0.39, 0.29) is 11.7 Å². The van der Waals surface area contributed by atoms with E-state index in [0.29, 0.717) is 17.0 Å². The third-order valence-electron chi connectivity index (χ3n) is 5.08. The Bertz CT molecular complexity index is 1010. The van der Waals surface area contributed by atoms with Gasteiger partial charge in [-0.05, 0) is 36.2 Å². The van der Waals surface area contributed by atoms with E-state index in [1.807, 2.05) is 31.2 Å². The number of carbonyl (C=O) groups excluding carboxylic acids is 1. The first-order valence-electron chi connectivity index (χ1n) is 9.98. The van der Waals surface area contributed by atoms with Gasteiger partial charge in [-0.3, -0.25) is 9.69 Å². The molecule has 0 aliphatic carbocycles. The second-order valence-corrected chi connectivity index (χ2v) is 8.41. The summed E-state index contributed by atoms with van der Waals surface area (Å²) in [5.74, 6) is -0.408. The van der Waals surface area contributed by atoms with Crippen molar-refractivity contribution in [1.82, 2.24) is 9.88 Å². The number of benzene rings is 2. The second-order valence-electron chi connectivity index (χ2n) is 7.33. The molecule has 2 heterocycles. The number of ether oxygens (including phenoxy) is 1. The zero-order valence-corrected chi connectivity index (χ0v) is 17.7. The molecule has 0 unspecified atom stereocenters. The van der Waals surface area contributed by atoms with E-state index in [9.17, 15) is 9.18 Å². The van der Waals surface area contributed by atoms with Gasteiger partial charge in [0.05, 0.1) is 23.9 Å². The molecule has 1 amide bonds. The Morgan fingerprint density at radius 2 is 1.90 bits per heavy atom. The molecule has 1 aliphatic rings. The van der Waals surface area contributed by atoms with E-state index >= 15 is 0 Å². The van der Waals surface area contributed by atoms with Crippen molar-refractivity contribution in [2.75, 3.05) is 31.6 Å². The molecule has 7 heteroatoms. The number of aromatic nitrogens is 1. The lowest BCUT2D eigenvalue weighted by molar-refractivity contribution is 0.0342. The maximum atomic E-state index is 13.1. The standard InChI is InChI=1S/C23H24FN3O2S/c1-16-22(30-21(25-16)14-17-6-8-19(24)9-7-17)23(28)26-20-5-3-2-4-18(20)15-27-10-12-29-13-11-27/h2-9H,10-15H2,1H3,(H,26,28). The number of thiazole rings is 1. The van der Waals surface area contributed by atoms with Gasteiger partial charge in [-0.15, -0.1) is 11.3 Å². The van der Waals surface area contributed by atoms with E-state index < -0.39 is 0 Å². The molecule has 4 rings (SSSR count). The Morgan fingerprint density at radius 3 is 2.67 bits per heavy atom. The molecule has 30 heavy (non-hydrogen) atoms. The van der Waals surface area contributed by atoms with Gasteiger partial charge in [0.15, 0.2) is 0 Å². The maximum Gasteiger partial charge on any atom is 0.267 e. The zero-order valence-electron chi connectivity index (χ0n) is 16.9. The third-order valence-corrected chi connectivity index (χ3v) is 6.24. The predicted octanol–water partition coefficient (Wildman–Crippen LogP) is 4.27. The van der Waals surface area contributed by atoms with Crippen LogP contribution in [0, 0.1) is 12.7 Å². The zero-order chi connectivity index (χ0) is 20.9. The third kappa shape index (κ3) is 5.11. The first-order valence-corrected chi connectivity index (χ1v) is 10.8. The highest BCUT2D eigenvalue weighted by Crippen LogP contribution is 2.24. The fraction of sp³-hybridized carbons (Fsp3) is 0.304. The van der Waals surface area contributed by atoms with Crippen LogP contribution in [0.25, 0.3) is 0 Å². The van der Waals surface area contributed by atoms with Crippen molar-refractivity contribution in [3.8, 4) is 0 Å². The number of hydrogen-bond donors (Lipinski definition) is 1. The molecule has 5 nitrogen and oxygen atoms in total. The lowest BCUT2D eigenvalue weighted by Gasteiger charge is -2.27. The van der Waals surface area contributed by atoms with E-state index in [1.54, 1.807) is 12.1 Å². The number of aryl methyl sites for hydroxylation is 1. The van der Waals surface area contributed by atoms with E-state index in [2.05, 4.69) is 15.2 Å². The van der Waals surface area contributed by atoms with Crippen LogP contribution in [0.2, 0.25) is 0 Å². The van der Waals surface area contributed by atoms with Gasteiger partial charge in [0, 0.05) is 31.7 Å². The van der Waals surface area contributed by atoms with Crippen molar-refractivity contribution in [2.45, 2.75) is 19.9 Å². The molecular weight excluding hydrogens is 401 g/mol. The molecule has 1 aliphatic heterocycles. The smallest absolute Gasteiger partial charge is 0.267 e. The molecule has 2 aromatic carbocycles. The molecule has 1 N–H and O–H groups in total. The first-order chi connectivity index (χ1) is 14.6. The van der Waals surface area contributed by atoms with Crippen molar-refractivity contribution in [2.24, 2.45) is 0 Å². The molecule has 1 saturated heterocycles. The lowest BCUT2D eigenvalue weighted by Crippen LogP contribution is -2.35. The van der Waals surface area contributed by atoms with Gasteiger partial charge in [-0.1, -0.05) is 30.3 Å². The van der Waals surface area contributed by atoms with Crippen LogP contribution in [-0.2, 0) is 17.7 Å². The number of rotatable bonds is 6. The topological polar surface area (TPSA) is 54.5 Å². The van der Waals surface area contributed by atoms with Crippen LogP contribution in [0.5, 0.6) is 0 Å². The number of nitrogens with one attached hydrogen (secondary N) is 1. The van der Waals surface area contributed by atoms with Crippen molar-refractivity contribution in [1.29, 1.82) is 0 Å². The molecule has 156 valence electrons. The Labute approximate surface area is 179 Å². The minimum absolute atomic E-state index is 0.148. The van der Waals surface area contributed by atoms with Gasteiger partial charge < -0.3 is 10.1 Å². The van der Waals surface area contributed by atoms with Gasteiger partial charge in [-0.2, -0.15) is 0 Å². The van der Waals surface area contributed by atoms with Crippen LogP contribution in [0.4, 0.5) is 10.1 Å². The predicted molar refractivity (Wildman–Crippen MR) is 117 cm³/mol. The summed E-state index contributed by atoms with van der Waals surface area (Å²) in [5, 5.41) is 3.90. The minimum Gasteiger partial charge on any atom is -0.379 e. The normalized spacial score (nSPS) is 14.6. The molecule has 0 radical (unpaired) electrons. The lowest BCUT2D eigenvalue weighted by atomic mass is 10.1. The number of morpholine rings is 1. The number of halogens is 1. The van der Waals surface area contributed by atoms with Gasteiger partial charge in [0.1, 0.15) is 10.7 Å². The summed E-state index contributed by atoms with van der Waals surface area (Å²) in [4.78, 5) is 20.4. The number of para-hydroxylation sites is 1. The van der Waals surface area contributed by atoms with Crippen LogP contribution >= 0.6 is 11.3 Å². The first kappa shape index (κ1) is 20.7. The summed E-state index contributed by atoms with van der Waals surface area (Å²) >= 11 is 1.38. The fourth-order valence-corrected chi connectivity index (χ4v) is 4.47. The monoisotopic (exact) mass is 425 g/mol. The Balaban J connectivity index is 1.46. The Hall–Kier alpha value is -2.61. The van der Waals surface area contributed by atoms with Gasteiger partial charge >= 0.3 is 0 Å². The molecule has 1 fully saturated rings. The molecule has 1 aromatic heterocycles. The fourth-order valence-electron chi connectivity index (χ4n) is 3.47. The largest absolute Gasteiger partial charge is 0.379 e. The number of hydrogen-bond acceptors (Lipinski definition) is 5. The van der Waals surface area contributed by atoms with Crippen LogP contribution in [-0.4, -0.2) is 42.1 Å². The SMILES string of the molecule is Cc1nc(Cc2ccc(F)cc2)sc1C(=O)Nc1ccccc1CN1CCOCC1. The molecule has 3 aromatic rings. The van der Waals surface area contributed by atoms with Gasteiger partial charge in [-0.25, -0.2) is 9.37 Å². The number of nitrogens with zero attached hydrogens (tertiary/aromatic N) is 2. The summed E-state index contributed by atoms with van der Waals surface area (Å²) < 4.78 is 18.5. The van der Waals surface area contributed by atoms with Crippen molar-refractivity contribution < 1.29 is 13.9 Å². The number of anilines is 1. The molecular formula is C23H24FN3O2S. The molecule has 0 spiro atoms. The quantitative estimate of drug-likeness (QED) is 0.641. The molecule has 0 bridgehead atoms. The highest BCUT2D eigenvalue weighted by molar-refractivity contribution is 7.14. The summed E-state index contributed by atoms with van der Waals surface area (Å²) in [6.07, 6.45) is 0.576. The second kappa shape index (κ2) is 9.47. The average molecular weight is 426 g/mol. The highest BCUT2D eigenvalue weighted by atomic mass is 32.1. The van der Waals surface area contributed by atoms with Crippen LogP contribution < -0.4 is 5.32 Å². The van der Waals surface area contributed by atoms with Crippen molar-refractivity contribution in [3.63, 3.8) is 0 Å². The molecule has 0 atom stereocenters. The van der Waals surface area contributed by atoms with Crippen LogP contribution in [0.1, 0.15) is 31.5 Å². The van der Waals surface area contributed by atoms with Gasteiger partial charge in [0.25, 0.3) is 5.91 Å². The average Bonchev–Trinajstić information content (AvgIpc) is 3.12. The number of amides is 1. The van der Waals surface area contributed by atoms with E-state index in [0.717, 1.165) is 54.7 Å². The van der Waals surface area contributed by atoms with Crippen molar-refractivity contribution in [3.05, 3.63) is 81.1 Å². The summed E-state index contributed by atoms with van der Waals surface area (Å²) in [7, 11) is 0. The minimum atomic E-state index is -0.259. The maximum absolute atomic E-state index is 13.1. The van der Waals surface area contributed by atoms with Gasteiger partial charge in [0.2, 0.25) is 0 Å². The molecule has 0 saturated carbocycles. The van der Waals surface area contributed by atoms with Crippen LogP contribution in [0.15, 0.2) is 48.5 Å².